The fourth-order valence-electron chi connectivity index (χ4n) is 3.86. The van der Waals surface area contributed by atoms with E-state index in [1.807, 2.05) is 30.3 Å². The Labute approximate surface area is 193 Å². The molecule has 1 N–H and O–H groups in total. The number of anilines is 2. The number of rotatable bonds is 4. The lowest BCUT2D eigenvalue weighted by Gasteiger charge is -2.34. The van der Waals surface area contributed by atoms with Crippen LogP contribution in [0.1, 0.15) is 23.2 Å². The van der Waals surface area contributed by atoms with Gasteiger partial charge in [-0.1, -0.05) is 41.9 Å². The topological polar surface area (TPSA) is 75.4 Å². The summed E-state index contributed by atoms with van der Waals surface area (Å²) in [5.74, 6) is -3.10. The third kappa shape index (κ3) is 4.36. The normalized spacial score (nSPS) is 15.5. The predicted molar refractivity (Wildman–Crippen MR) is 122 cm³/mol. The Morgan fingerprint density at radius 3 is 2.64 bits per heavy atom. The van der Waals surface area contributed by atoms with E-state index >= 15 is 0 Å². The van der Waals surface area contributed by atoms with Crippen LogP contribution in [-0.4, -0.2) is 44.5 Å². The van der Waals surface area contributed by atoms with Crippen LogP contribution >= 0.6 is 11.6 Å². The van der Waals surface area contributed by atoms with Gasteiger partial charge in [0.1, 0.15) is 5.15 Å². The molecule has 0 aliphatic carbocycles. The van der Waals surface area contributed by atoms with Crippen LogP contribution in [0, 0.1) is 0 Å². The molecule has 1 aliphatic heterocycles. The Morgan fingerprint density at radius 2 is 1.88 bits per heavy atom. The van der Waals surface area contributed by atoms with E-state index in [0.29, 0.717) is 28.3 Å². The number of hydrogen-bond donors (Lipinski definition) is 1. The summed E-state index contributed by atoms with van der Waals surface area (Å²) < 4.78 is 28.8. The van der Waals surface area contributed by atoms with E-state index in [-0.39, 0.29) is 31.1 Å². The van der Waals surface area contributed by atoms with Crippen LogP contribution in [0.3, 0.4) is 0 Å². The SMILES string of the molecule is O=C(Nc1cnc(Cl)cc1N1CCC(F)(F)CC1)c1ccnn2cc(-c3ccccc3)nc12. The zero-order valence-electron chi connectivity index (χ0n) is 17.4. The number of alkyl halides is 2. The number of fused-ring (bicyclic) bond motifs is 1. The molecule has 0 radical (unpaired) electrons. The molecular formula is C23H19ClF2N6O. The van der Waals surface area contributed by atoms with Gasteiger partial charge in [-0.05, 0) is 6.07 Å². The van der Waals surface area contributed by atoms with Gasteiger partial charge in [-0.3, -0.25) is 4.79 Å². The highest BCUT2D eigenvalue weighted by Crippen LogP contribution is 2.35. The zero-order valence-corrected chi connectivity index (χ0v) is 18.1. The summed E-state index contributed by atoms with van der Waals surface area (Å²) in [4.78, 5) is 23.6. The number of benzene rings is 1. The molecule has 3 aromatic heterocycles. The largest absolute Gasteiger partial charge is 0.369 e. The van der Waals surface area contributed by atoms with Crippen molar-refractivity contribution in [2.24, 2.45) is 0 Å². The van der Waals surface area contributed by atoms with E-state index in [1.165, 1.54) is 12.4 Å². The number of halogens is 3. The number of amides is 1. The second-order valence-corrected chi connectivity index (χ2v) is 8.21. The second kappa shape index (κ2) is 8.40. The van der Waals surface area contributed by atoms with Gasteiger partial charge in [-0.2, -0.15) is 5.10 Å². The number of pyridine rings is 1. The van der Waals surface area contributed by atoms with Gasteiger partial charge in [0.05, 0.1) is 35.0 Å². The monoisotopic (exact) mass is 468 g/mol. The minimum absolute atomic E-state index is 0.149. The van der Waals surface area contributed by atoms with Gasteiger partial charge < -0.3 is 10.2 Å². The summed E-state index contributed by atoms with van der Waals surface area (Å²) in [5, 5.41) is 7.32. The van der Waals surface area contributed by atoms with Gasteiger partial charge in [0, 0.05) is 43.8 Å². The Hall–Kier alpha value is -3.59. The van der Waals surface area contributed by atoms with Crippen LogP contribution in [0.25, 0.3) is 16.9 Å². The van der Waals surface area contributed by atoms with E-state index in [9.17, 15) is 13.6 Å². The minimum atomic E-state index is -2.68. The van der Waals surface area contributed by atoms with Gasteiger partial charge in [0.15, 0.2) is 5.65 Å². The maximum Gasteiger partial charge on any atom is 0.259 e. The van der Waals surface area contributed by atoms with Crippen LogP contribution in [0.5, 0.6) is 0 Å². The molecule has 168 valence electrons. The van der Waals surface area contributed by atoms with Crippen molar-refractivity contribution in [3.63, 3.8) is 0 Å². The zero-order chi connectivity index (χ0) is 23.0. The highest BCUT2D eigenvalue weighted by atomic mass is 35.5. The molecule has 1 aliphatic rings. The molecule has 0 unspecified atom stereocenters. The molecule has 4 aromatic rings. The van der Waals surface area contributed by atoms with Gasteiger partial charge in [0.2, 0.25) is 0 Å². The van der Waals surface area contributed by atoms with Crippen LogP contribution in [0.2, 0.25) is 5.15 Å². The Balaban J connectivity index is 1.45. The van der Waals surface area contributed by atoms with E-state index in [0.717, 1.165) is 5.56 Å². The number of piperidine rings is 1. The third-order valence-electron chi connectivity index (χ3n) is 5.61. The molecule has 7 nitrogen and oxygen atoms in total. The molecule has 1 amide bonds. The lowest BCUT2D eigenvalue weighted by Crippen LogP contribution is -2.39. The van der Waals surface area contributed by atoms with Crippen molar-refractivity contribution in [1.82, 2.24) is 19.6 Å². The van der Waals surface area contributed by atoms with Crippen molar-refractivity contribution in [3.8, 4) is 11.3 Å². The lowest BCUT2D eigenvalue weighted by molar-refractivity contribution is -0.0220. The van der Waals surface area contributed by atoms with Crippen molar-refractivity contribution in [1.29, 1.82) is 0 Å². The Kier molecular flexibility index (Phi) is 5.41. The van der Waals surface area contributed by atoms with E-state index < -0.39 is 11.8 Å². The van der Waals surface area contributed by atoms with Gasteiger partial charge >= 0.3 is 0 Å². The molecule has 0 spiro atoms. The van der Waals surface area contributed by atoms with Crippen molar-refractivity contribution in [3.05, 3.63) is 71.8 Å². The number of aromatic nitrogens is 4. The Morgan fingerprint density at radius 1 is 1.12 bits per heavy atom. The maximum atomic E-state index is 13.6. The predicted octanol–water partition coefficient (Wildman–Crippen LogP) is 4.93. The quantitative estimate of drug-likeness (QED) is 0.430. The molecule has 4 heterocycles. The average Bonchev–Trinajstić information content (AvgIpc) is 3.25. The first-order chi connectivity index (χ1) is 15.9. The van der Waals surface area contributed by atoms with Crippen LogP contribution in [0.15, 0.2) is 61.1 Å². The van der Waals surface area contributed by atoms with Crippen molar-refractivity contribution < 1.29 is 13.6 Å². The molecule has 0 bridgehead atoms. The summed E-state index contributed by atoms with van der Waals surface area (Å²) in [6, 6.07) is 12.7. The van der Waals surface area contributed by atoms with E-state index in [1.54, 1.807) is 27.7 Å². The molecule has 5 rings (SSSR count). The smallest absolute Gasteiger partial charge is 0.259 e. The molecule has 10 heteroatoms. The van der Waals surface area contributed by atoms with Gasteiger partial charge in [-0.25, -0.2) is 23.3 Å². The van der Waals surface area contributed by atoms with Crippen LogP contribution < -0.4 is 10.2 Å². The molecule has 1 fully saturated rings. The van der Waals surface area contributed by atoms with Gasteiger partial charge in [-0.15, -0.1) is 0 Å². The number of nitrogens with zero attached hydrogens (tertiary/aromatic N) is 5. The maximum absolute atomic E-state index is 13.6. The van der Waals surface area contributed by atoms with Crippen molar-refractivity contribution in [2.45, 2.75) is 18.8 Å². The van der Waals surface area contributed by atoms with E-state index in [4.69, 9.17) is 11.6 Å². The first-order valence-electron chi connectivity index (χ1n) is 10.4. The number of carbonyl (C=O) groups excluding carboxylic acids is 1. The molecule has 1 aromatic carbocycles. The van der Waals surface area contributed by atoms with Crippen LogP contribution in [-0.2, 0) is 0 Å². The third-order valence-corrected chi connectivity index (χ3v) is 5.81. The van der Waals surface area contributed by atoms with E-state index in [2.05, 4.69) is 20.4 Å². The summed E-state index contributed by atoms with van der Waals surface area (Å²) in [6.45, 7) is 0.298. The molecular weight excluding hydrogens is 450 g/mol. The first kappa shape index (κ1) is 21.3. The molecule has 0 saturated carbocycles. The summed E-state index contributed by atoms with van der Waals surface area (Å²) >= 11 is 6.06. The number of nitrogens with one attached hydrogen (secondary N) is 1. The summed E-state index contributed by atoms with van der Waals surface area (Å²) in [6.07, 6.45) is 4.18. The Bertz CT molecular complexity index is 1320. The fourth-order valence-corrected chi connectivity index (χ4v) is 4.02. The highest BCUT2D eigenvalue weighted by molar-refractivity contribution is 6.29. The molecule has 1 saturated heterocycles. The summed E-state index contributed by atoms with van der Waals surface area (Å²) in [7, 11) is 0. The average molecular weight is 469 g/mol. The summed E-state index contributed by atoms with van der Waals surface area (Å²) in [5.41, 5.74) is 3.25. The number of hydrogen-bond acceptors (Lipinski definition) is 5. The van der Waals surface area contributed by atoms with Gasteiger partial charge in [0.25, 0.3) is 11.8 Å². The fraction of sp³-hybridized carbons (Fsp3) is 0.217. The standard InChI is InChI=1S/C23H19ClF2N6O/c24-20-12-19(31-10-7-23(25,26)8-11-31)17(13-27-20)30-22(33)16-6-9-28-32-14-18(29-21(16)32)15-4-2-1-3-5-15/h1-6,9,12-14H,7-8,10-11H2,(H,30,33). The highest BCUT2D eigenvalue weighted by Gasteiger charge is 2.35. The lowest BCUT2D eigenvalue weighted by atomic mass is 10.1. The first-order valence-corrected chi connectivity index (χ1v) is 10.8. The number of imidazole rings is 1. The van der Waals surface area contributed by atoms with Crippen molar-refractivity contribution >= 4 is 34.5 Å². The second-order valence-electron chi connectivity index (χ2n) is 7.83. The molecule has 0 atom stereocenters. The number of carbonyl (C=O) groups is 1. The molecule has 33 heavy (non-hydrogen) atoms. The van der Waals surface area contributed by atoms with Crippen molar-refractivity contribution in [2.75, 3.05) is 23.3 Å². The minimum Gasteiger partial charge on any atom is -0.369 e. The van der Waals surface area contributed by atoms with Crippen LogP contribution in [0.4, 0.5) is 20.2 Å².